The molecule has 10 heteroatoms. The van der Waals surface area contributed by atoms with Gasteiger partial charge in [0.2, 0.25) is 10.0 Å². The number of rotatable bonds is 5. The zero-order chi connectivity index (χ0) is 14.7. The van der Waals surface area contributed by atoms with Gasteiger partial charge in [-0.3, -0.25) is 4.74 Å². The lowest BCUT2D eigenvalue weighted by Gasteiger charge is -2.10. The van der Waals surface area contributed by atoms with Crippen molar-refractivity contribution < 1.29 is 35.5 Å². The van der Waals surface area contributed by atoms with Crippen LogP contribution in [0.1, 0.15) is 0 Å². The van der Waals surface area contributed by atoms with Crippen molar-refractivity contribution in [1.29, 1.82) is 0 Å². The summed E-state index contributed by atoms with van der Waals surface area (Å²) in [6, 6.07) is 2.52. The van der Waals surface area contributed by atoms with E-state index >= 15 is 0 Å². The average molecular weight is 303 g/mol. The molecule has 0 fully saturated rings. The molecular formula is C9H9F4NO4S. The Morgan fingerprint density at radius 3 is 2.32 bits per heavy atom. The fourth-order valence-electron chi connectivity index (χ4n) is 1.08. The highest BCUT2D eigenvalue weighted by Crippen LogP contribution is 2.21. The molecule has 2 N–H and O–H groups in total. The largest absolute Gasteiger partial charge is 0.522 e. The van der Waals surface area contributed by atoms with Gasteiger partial charge in [0.25, 0.3) is 0 Å². The van der Waals surface area contributed by atoms with Crippen molar-refractivity contribution >= 4 is 10.0 Å². The second-order valence-electron chi connectivity index (χ2n) is 3.28. The number of benzene rings is 1. The summed E-state index contributed by atoms with van der Waals surface area (Å²) in [6.07, 6.45) is -4.79. The summed E-state index contributed by atoms with van der Waals surface area (Å²) in [5.74, 6) is -1.46. The van der Waals surface area contributed by atoms with Crippen molar-refractivity contribution in [3.63, 3.8) is 0 Å². The molecule has 0 saturated carbocycles. The molecule has 0 aliphatic heterocycles. The van der Waals surface area contributed by atoms with E-state index in [0.29, 0.717) is 6.07 Å². The van der Waals surface area contributed by atoms with Crippen LogP contribution in [0.4, 0.5) is 17.6 Å². The van der Waals surface area contributed by atoms with Gasteiger partial charge >= 0.3 is 6.36 Å². The quantitative estimate of drug-likeness (QED) is 0.658. The summed E-state index contributed by atoms with van der Waals surface area (Å²) in [7, 11) is -4.06. The number of alkyl halides is 3. The molecule has 0 unspecified atom stereocenters. The summed E-state index contributed by atoms with van der Waals surface area (Å²) in [5, 5.41) is 4.76. The van der Waals surface area contributed by atoms with Gasteiger partial charge < -0.3 is 4.74 Å². The van der Waals surface area contributed by atoms with Crippen LogP contribution >= 0.6 is 0 Å². The Balaban J connectivity index is 2.61. The van der Waals surface area contributed by atoms with Crippen molar-refractivity contribution in [1.82, 2.24) is 0 Å². The Morgan fingerprint density at radius 1 is 1.21 bits per heavy atom. The number of nitrogens with two attached hydrogens (primary N) is 1. The first-order chi connectivity index (χ1) is 8.59. The number of primary sulfonamides is 1. The molecule has 19 heavy (non-hydrogen) atoms. The van der Waals surface area contributed by atoms with Crippen LogP contribution in [0.5, 0.6) is 5.75 Å². The topological polar surface area (TPSA) is 78.6 Å². The number of halogens is 4. The third-order valence-corrected chi connectivity index (χ3v) is 2.75. The molecule has 0 bridgehead atoms. The summed E-state index contributed by atoms with van der Waals surface area (Å²) in [5.41, 5.74) is 0. The van der Waals surface area contributed by atoms with E-state index in [4.69, 9.17) is 5.14 Å². The lowest BCUT2D eigenvalue weighted by atomic mass is 10.3. The van der Waals surface area contributed by atoms with Crippen LogP contribution in [-0.4, -0.2) is 28.0 Å². The molecule has 0 radical (unpaired) electrons. The van der Waals surface area contributed by atoms with E-state index in [1.165, 1.54) is 0 Å². The van der Waals surface area contributed by atoms with Crippen LogP contribution in [-0.2, 0) is 14.8 Å². The van der Waals surface area contributed by atoms with Crippen LogP contribution < -0.4 is 9.88 Å². The predicted molar refractivity (Wildman–Crippen MR) is 55.3 cm³/mol. The predicted octanol–water partition coefficient (Wildman–Crippen LogP) is 1.39. The van der Waals surface area contributed by atoms with Gasteiger partial charge in [-0.05, 0) is 18.2 Å². The Kier molecular flexibility index (Phi) is 4.71. The van der Waals surface area contributed by atoms with E-state index in [1.54, 1.807) is 0 Å². The molecule has 1 rings (SSSR count). The summed E-state index contributed by atoms with van der Waals surface area (Å²) >= 11 is 0. The van der Waals surface area contributed by atoms with Gasteiger partial charge in [-0.25, -0.2) is 17.9 Å². The van der Waals surface area contributed by atoms with E-state index in [1.807, 2.05) is 0 Å². The van der Waals surface area contributed by atoms with Crippen molar-refractivity contribution in [2.45, 2.75) is 11.3 Å². The Hall–Kier alpha value is -1.39. The van der Waals surface area contributed by atoms with Crippen LogP contribution in [0, 0.1) is 5.82 Å². The minimum Gasteiger partial charge on any atom is -0.488 e. The molecule has 1 aromatic carbocycles. The number of hydrogen-bond donors (Lipinski definition) is 1. The highest BCUT2D eigenvalue weighted by molar-refractivity contribution is 7.89. The Morgan fingerprint density at radius 2 is 1.84 bits per heavy atom. The van der Waals surface area contributed by atoms with Crippen molar-refractivity contribution in [3.05, 3.63) is 24.0 Å². The Bertz CT molecular complexity index is 544. The van der Waals surface area contributed by atoms with E-state index < -0.39 is 46.1 Å². The normalized spacial score (nSPS) is 12.5. The maximum Gasteiger partial charge on any atom is 0.522 e. The number of hydrogen-bond acceptors (Lipinski definition) is 4. The minimum atomic E-state index is -4.79. The van der Waals surface area contributed by atoms with E-state index in [0.717, 1.165) is 12.1 Å². The fourth-order valence-corrected chi connectivity index (χ4v) is 1.61. The van der Waals surface area contributed by atoms with E-state index in [2.05, 4.69) is 9.47 Å². The maximum atomic E-state index is 13.3. The molecular weight excluding hydrogens is 294 g/mol. The zero-order valence-corrected chi connectivity index (χ0v) is 10.1. The molecule has 108 valence electrons. The van der Waals surface area contributed by atoms with Crippen molar-refractivity contribution in [3.8, 4) is 5.75 Å². The number of sulfonamides is 1. The molecule has 1 aromatic rings. The highest BCUT2D eigenvalue weighted by Gasteiger charge is 2.28. The molecule has 0 spiro atoms. The van der Waals surface area contributed by atoms with Crippen LogP contribution in [0.2, 0.25) is 0 Å². The monoisotopic (exact) mass is 303 g/mol. The van der Waals surface area contributed by atoms with E-state index in [9.17, 15) is 26.0 Å². The second kappa shape index (κ2) is 5.72. The van der Waals surface area contributed by atoms with Crippen LogP contribution in [0.15, 0.2) is 23.1 Å². The van der Waals surface area contributed by atoms with Crippen molar-refractivity contribution in [2.75, 3.05) is 13.2 Å². The van der Waals surface area contributed by atoms with Gasteiger partial charge in [0.15, 0.2) is 11.6 Å². The minimum absolute atomic E-state index is 0.404. The van der Waals surface area contributed by atoms with Gasteiger partial charge in [-0.15, -0.1) is 13.2 Å². The molecule has 0 aliphatic carbocycles. The third-order valence-electron chi connectivity index (χ3n) is 1.84. The van der Waals surface area contributed by atoms with Crippen LogP contribution in [0.25, 0.3) is 0 Å². The van der Waals surface area contributed by atoms with Gasteiger partial charge in [-0.1, -0.05) is 0 Å². The second-order valence-corrected chi connectivity index (χ2v) is 4.84. The summed E-state index contributed by atoms with van der Waals surface area (Å²) in [4.78, 5) is -0.469. The molecule has 5 nitrogen and oxygen atoms in total. The van der Waals surface area contributed by atoms with Crippen LogP contribution in [0.3, 0.4) is 0 Å². The summed E-state index contributed by atoms with van der Waals surface area (Å²) in [6.45, 7) is -1.37. The molecule has 0 saturated heterocycles. The zero-order valence-electron chi connectivity index (χ0n) is 9.28. The lowest BCUT2D eigenvalue weighted by molar-refractivity contribution is -0.325. The first kappa shape index (κ1) is 15.7. The lowest BCUT2D eigenvalue weighted by Crippen LogP contribution is -2.18. The maximum absolute atomic E-state index is 13.3. The van der Waals surface area contributed by atoms with Gasteiger partial charge in [-0.2, -0.15) is 0 Å². The average Bonchev–Trinajstić information content (AvgIpc) is 2.23. The molecule has 0 heterocycles. The Labute approximate surface area is 106 Å². The standard InChI is InChI=1S/C9H9F4NO4S/c10-7-5-6(19(14,15)16)1-2-8(7)17-3-4-18-9(11,12)13/h1-2,5H,3-4H2,(H2,14,15,16). The molecule has 0 aliphatic rings. The van der Waals surface area contributed by atoms with E-state index in [-0.39, 0.29) is 0 Å². The first-order valence-electron chi connectivity index (χ1n) is 4.75. The smallest absolute Gasteiger partial charge is 0.488 e. The first-order valence-corrected chi connectivity index (χ1v) is 6.30. The fraction of sp³-hybridized carbons (Fsp3) is 0.333. The molecule has 0 atom stereocenters. The van der Waals surface area contributed by atoms with Crippen molar-refractivity contribution in [2.24, 2.45) is 5.14 Å². The SMILES string of the molecule is NS(=O)(=O)c1ccc(OCCOC(F)(F)F)c(F)c1. The molecule has 0 amide bonds. The van der Waals surface area contributed by atoms with Gasteiger partial charge in [0.05, 0.1) is 11.5 Å². The highest BCUT2D eigenvalue weighted by atomic mass is 32.2. The number of ether oxygens (including phenoxy) is 2. The molecule has 0 aromatic heterocycles. The van der Waals surface area contributed by atoms with Gasteiger partial charge in [0, 0.05) is 0 Å². The van der Waals surface area contributed by atoms with Gasteiger partial charge in [0.1, 0.15) is 6.61 Å². The summed E-state index contributed by atoms with van der Waals surface area (Å²) < 4.78 is 78.0. The third kappa shape index (κ3) is 5.41.